The van der Waals surface area contributed by atoms with Crippen molar-refractivity contribution in [2.24, 2.45) is 0 Å². The van der Waals surface area contributed by atoms with Gasteiger partial charge in [0.05, 0.1) is 11.6 Å². The second-order valence-corrected chi connectivity index (χ2v) is 6.77. The van der Waals surface area contributed by atoms with E-state index in [0.29, 0.717) is 22.5 Å². The SMILES string of the molecule is Clc1ccc(-c2noc(N3CC[C@@H](Nc4ncnc5[nH]ncc45)C3)n2)cc1. The number of aromatic amines is 1. The molecule has 5 rings (SSSR count). The van der Waals surface area contributed by atoms with E-state index in [2.05, 4.69) is 40.5 Å². The minimum Gasteiger partial charge on any atom is -0.365 e. The van der Waals surface area contributed by atoms with Crippen LogP contribution in [0.25, 0.3) is 22.4 Å². The first kappa shape index (κ1) is 16.0. The summed E-state index contributed by atoms with van der Waals surface area (Å²) in [5, 5.41) is 15.9. The number of aromatic nitrogens is 6. The highest BCUT2D eigenvalue weighted by Crippen LogP contribution is 2.26. The summed E-state index contributed by atoms with van der Waals surface area (Å²) in [4.78, 5) is 15.1. The van der Waals surface area contributed by atoms with Gasteiger partial charge in [-0.05, 0) is 30.7 Å². The van der Waals surface area contributed by atoms with Crippen molar-refractivity contribution < 1.29 is 4.52 Å². The van der Waals surface area contributed by atoms with Crippen molar-refractivity contribution in [3.8, 4) is 11.4 Å². The highest BCUT2D eigenvalue weighted by Gasteiger charge is 2.27. The molecular weight excluding hydrogens is 368 g/mol. The second kappa shape index (κ2) is 6.51. The van der Waals surface area contributed by atoms with E-state index >= 15 is 0 Å². The molecular formula is C17H15ClN8O. The van der Waals surface area contributed by atoms with Crippen LogP contribution >= 0.6 is 11.6 Å². The number of hydrogen-bond acceptors (Lipinski definition) is 8. The van der Waals surface area contributed by atoms with Gasteiger partial charge in [-0.15, -0.1) is 0 Å². The zero-order chi connectivity index (χ0) is 18.2. The van der Waals surface area contributed by atoms with Crippen molar-refractivity contribution in [3.05, 3.63) is 41.8 Å². The Hall–Kier alpha value is -3.20. The Bertz CT molecular complexity index is 1080. The Morgan fingerprint density at radius 2 is 2.11 bits per heavy atom. The number of H-pyrrole nitrogens is 1. The molecule has 1 fully saturated rings. The van der Waals surface area contributed by atoms with Gasteiger partial charge in [-0.1, -0.05) is 16.8 Å². The number of nitrogens with one attached hydrogen (secondary N) is 2. The Morgan fingerprint density at radius 1 is 1.22 bits per heavy atom. The van der Waals surface area contributed by atoms with E-state index in [1.54, 1.807) is 18.3 Å². The quantitative estimate of drug-likeness (QED) is 0.554. The maximum atomic E-state index is 5.93. The van der Waals surface area contributed by atoms with Gasteiger partial charge in [-0.25, -0.2) is 9.97 Å². The molecule has 4 aromatic rings. The molecule has 0 bridgehead atoms. The summed E-state index contributed by atoms with van der Waals surface area (Å²) in [6.07, 6.45) is 4.18. The summed E-state index contributed by atoms with van der Waals surface area (Å²) in [6, 6.07) is 8.08. The summed E-state index contributed by atoms with van der Waals surface area (Å²) >= 11 is 5.93. The van der Waals surface area contributed by atoms with Crippen LogP contribution in [-0.4, -0.2) is 49.4 Å². The second-order valence-electron chi connectivity index (χ2n) is 6.34. The molecule has 0 aliphatic carbocycles. The van der Waals surface area contributed by atoms with Crippen molar-refractivity contribution in [3.63, 3.8) is 0 Å². The molecule has 4 heterocycles. The zero-order valence-corrected chi connectivity index (χ0v) is 14.9. The predicted octanol–water partition coefficient (Wildman–Crippen LogP) is 2.75. The molecule has 2 N–H and O–H groups in total. The highest BCUT2D eigenvalue weighted by molar-refractivity contribution is 6.30. The molecule has 0 unspecified atom stereocenters. The molecule has 3 aromatic heterocycles. The van der Waals surface area contributed by atoms with Crippen LogP contribution in [0.4, 0.5) is 11.8 Å². The van der Waals surface area contributed by atoms with Gasteiger partial charge in [-0.3, -0.25) is 5.10 Å². The van der Waals surface area contributed by atoms with Crippen molar-refractivity contribution in [1.29, 1.82) is 0 Å². The van der Waals surface area contributed by atoms with Gasteiger partial charge in [0.2, 0.25) is 5.82 Å². The smallest absolute Gasteiger partial charge is 0.324 e. The van der Waals surface area contributed by atoms with Crippen LogP contribution in [0.15, 0.2) is 41.3 Å². The van der Waals surface area contributed by atoms with E-state index in [9.17, 15) is 0 Å². The van der Waals surface area contributed by atoms with Crippen molar-refractivity contribution in [2.75, 3.05) is 23.3 Å². The van der Waals surface area contributed by atoms with Crippen LogP contribution in [-0.2, 0) is 0 Å². The molecule has 0 radical (unpaired) electrons. The molecule has 136 valence electrons. The highest BCUT2D eigenvalue weighted by atomic mass is 35.5. The standard InChI is InChI=1S/C17H15ClN8O/c18-11-3-1-10(2-4-11)14-23-17(27-25-14)26-6-5-12(8-26)22-15-13-7-21-24-16(13)20-9-19-15/h1-4,7,9,12H,5-6,8H2,(H2,19,20,21,22,24)/t12-/m1/s1. The third-order valence-electron chi connectivity index (χ3n) is 4.57. The Labute approximate surface area is 158 Å². The zero-order valence-electron chi connectivity index (χ0n) is 14.1. The van der Waals surface area contributed by atoms with Gasteiger partial charge in [-0.2, -0.15) is 10.1 Å². The van der Waals surface area contributed by atoms with E-state index in [1.165, 1.54) is 6.33 Å². The number of rotatable bonds is 4. The van der Waals surface area contributed by atoms with Crippen molar-refractivity contribution in [1.82, 2.24) is 30.3 Å². The van der Waals surface area contributed by atoms with Crippen LogP contribution in [0.5, 0.6) is 0 Å². The van der Waals surface area contributed by atoms with Gasteiger partial charge < -0.3 is 14.7 Å². The summed E-state index contributed by atoms with van der Waals surface area (Å²) < 4.78 is 5.45. The Kier molecular flexibility index (Phi) is 3.86. The number of hydrogen-bond donors (Lipinski definition) is 2. The summed E-state index contributed by atoms with van der Waals surface area (Å²) in [5.74, 6) is 1.32. The normalized spacial score (nSPS) is 16.9. The third kappa shape index (κ3) is 3.06. The largest absolute Gasteiger partial charge is 0.365 e. The molecule has 0 spiro atoms. The molecule has 27 heavy (non-hydrogen) atoms. The fourth-order valence-electron chi connectivity index (χ4n) is 3.19. The first-order chi connectivity index (χ1) is 13.3. The fourth-order valence-corrected chi connectivity index (χ4v) is 3.31. The number of nitrogens with zero attached hydrogens (tertiary/aromatic N) is 6. The lowest BCUT2D eigenvalue weighted by molar-refractivity contribution is 0.419. The average molecular weight is 383 g/mol. The predicted molar refractivity (Wildman–Crippen MR) is 101 cm³/mol. The number of anilines is 2. The van der Waals surface area contributed by atoms with E-state index in [4.69, 9.17) is 16.1 Å². The molecule has 9 nitrogen and oxygen atoms in total. The lowest BCUT2D eigenvalue weighted by atomic mass is 10.2. The van der Waals surface area contributed by atoms with Crippen LogP contribution in [0.2, 0.25) is 5.02 Å². The van der Waals surface area contributed by atoms with E-state index < -0.39 is 0 Å². The minimum absolute atomic E-state index is 0.212. The average Bonchev–Trinajstić information content (AvgIpc) is 3.43. The lowest BCUT2D eigenvalue weighted by Crippen LogP contribution is -2.26. The summed E-state index contributed by atoms with van der Waals surface area (Å²) in [5.41, 5.74) is 1.58. The van der Waals surface area contributed by atoms with Gasteiger partial charge in [0.1, 0.15) is 12.1 Å². The van der Waals surface area contributed by atoms with E-state index in [0.717, 1.165) is 36.3 Å². The first-order valence-electron chi connectivity index (χ1n) is 8.51. The maximum absolute atomic E-state index is 5.93. The van der Waals surface area contributed by atoms with Crippen molar-refractivity contribution in [2.45, 2.75) is 12.5 Å². The van der Waals surface area contributed by atoms with Gasteiger partial charge in [0.25, 0.3) is 0 Å². The molecule has 1 atom stereocenters. The van der Waals surface area contributed by atoms with E-state index in [-0.39, 0.29) is 6.04 Å². The van der Waals surface area contributed by atoms with Crippen LogP contribution < -0.4 is 10.2 Å². The number of benzene rings is 1. The van der Waals surface area contributed by atoms with Crippen LogP contribution in [0.3, 0.4) is 0 Å². The lowest BCUT2D eigenvalue weighted by Gasteiger charge is -2.15. The third-order valence-corrected chi connectivity index (χ3v) is 4.82. The summed E-state index contributed by atoms with van der Waals surface area (Å²) in [7, 11) is 0. The molecule has 1 saturated heterocycles. The van der Waals surface area contributed by atoms with Gasteiger partial charge in [0, 0.05) is 29.7 Å². The minimum atomic E-state index is 0.212. The first-order valence-corrected chi connectivity index (χ1v) is 8.89. The van der Waals surface area contributed by atoms with Crippen LogP contribution in [0, 0.1) is 0 Å². The van der Waals surface area contributed by atoms with Gasteiger partial charge >= 0.3 is 6.01 Å². The monoisotopic (exact) mass is 382 g/mol. The van der Waals surface area contributed by atoms with Crippen molar-refractivity contribution >= 4 is 34.5 Å². The van der Waals surface area contributed by atoms with Gasteiger partial charge in [0.15, 0.2) is 5.65 Å². The summed E-state index contributed by atoms with van der Waals surface area (Å²) in [6.45, 7) is 1.56. The molecule has 1 aliphatic heterocycles. The molecule has 0 saturated carbocycles. The number of halogens is 1. The molecule has 10 heteroatoms. The molecule has 0 amide bonds. The van der Waals surface area contributed by atoms with E-state index in [1.807, 2.05) is 12.1 Å². The topological polar surface area (TPSA) is 109 Å². The Morgan fingerprint density at radius 3 is 3.00 bits per heavy atom. The Balaban J connectivity index is 1.30. The number of fused-ring (bicyclic) bond motifs is 1. The molecule has 1 aromatic carbocycles. The maximum Gasteiger partial charge on any atom is 0.324 e. The fraction of sp³-hybridized carbons (Fsp3) is 0.235. The van der Waals surface area contributed by atoms with Crippen LogP contribution in [0.1, 0.15) is 6.42 Å². The molecule has 1 aliphatic rings.